The Hall–Kier alpha value is -0.590. The Morgan fingerprint density at radius 1 is 1.35 bits per heavy atom. The highest BCUT2D eigenvalue weighted by Crippen LogP contribution is 2.43. The molecule has 0 radical (unpaired) electrons. The molecule has 2 heterocycles. The van der Waals surface area contributed by atoms with Crippen LogP contribution in [0, 0.1) is 0 Å². The van der Waals surface area contributed by atoms with Crippen molar-refractivity contribution in [2.24, 2.45) is 0 Å². The van der Waals surface area contributed by atoms with E-state index in [2.05, 4.69) is 6.58 Å². The van der Waals surface area contributed by atoms with E-state index in [4.69, 9.17) is 4.74 Å². The SMILES string of the molecule is C=C(C(F)(F)F)C1(O)CC2COCC(C1)N2C. The molecule has 2 unspecified atom stereocenters. The summed E-state index contributed by atoms with van der Waals surface area (Å²) in [6.07, 6.45) is -4.49. The first-order chi connectivity index (χ1) is 7.74. The van der Waals surface area contributed by atoms with E-state index >= 15 is 0 Å². The second kappa shape index (κ2) is 3.96. The van der Waals surface area contributed by atoms with E-state index in [0.717, 1.165) is 0 Å². The van der Waals surface area contributed by atoms with Crippen LogP contribution < -0.4 is 0 Å². The lowest BCUT2D eigenvalue weighted by molar-refractivity contribution is -0.159. The predicted octanol–water partition coefficient (Wildman–Crippen LogP) is 1.33. The lowest BCUT2D eigenvalue weighted by atomic mass is 9.77. The minimum absolute atomic E-state index is 0.0261. The summed E-state index contributed by atoms with van der Waals surface area (Å²) in [5.41, 5.74) is -2.88. The number of likely N-dealkylation sites (N-methyl/N-ethyl adjacent to an activating group) is 1. The van der Waals surface area contributed by atoms with Crippen molar-refractivity contribution in [3.05, 3.63) is 12.2 Å². The van der Waals surface area contributed by atoms with Gasteiger partial charge < -0.3 is 9.84 Å². The monoisotopic (exact) mass is 251 g/mol. The number of rotatable bonds is 1. The van der Waals surface area contributed by atoms with E-state index in [1.807, 2.05) is 11.9 Å². The summed E-state index contributed by atoms with van der Waals surface area (Å²) < 4.78 is 43.2. The van der Waals surface area contributed by atoms with E-state index in [1.54, 1.807) is 0 Å². The third-order valence-corrected chi connectivity index (χ3v) is 3.82. The molecule has 0 aromatic rings. The topological polar surface area (TPSA) is 32.7 Å². The van der Waals surface area contributed by atoms with Crippen LogP contribution in [0.5, 0.6) is 0 Å². The van der Waals surface area contributed by atoms with Crippen LogP contribution in [-0.2, 0) is 4.74 Å². The summed E-state index contributed by atoms with van der Waals surface area (Å²) in [7, 11) is 1.85. The molecule has 3 nitrogen and oxygen atoms in total. The molecule has 2 aliphatic heterocycles. The lowest BCUT2D eigenvalue weighted by Crippen LogP contribution is -2.61. The molecule has 2 aliphatic rings. The number of hydrogen-bond donors (Lipinski definition) is 1. The van der Waals surface area contributed by atoms with Gasteiger partial charge in [-0.05, 0) is 19.9 Å². The van der Waals surface area contributed by atoms with Crippen molar-refractivity contribution in [2.75, 3.05) is 20.3 Å². The first-order valence-corrected chi connectivity index (χ1v) is 5.53. The maximum absolute atomic E-state index is 12.6. The first kappa shape index (κ1) is 12.9. The molecule has 0 aromatic heterocycles. The Bertz CT molecular complexity index is 315. The van der Waals surface area contributed by atoms with Gasteiger partial charge in [0.2, 0.25) is 0 Å². The molecule has 2 rings (SSSR count). The van der Waals surface area contributed by atoms with Crippen molar-refractivity contribution in [3.8, 4) is 0 Å². The zero-order chi connectivity index (χ0) is 12.8. The molecule has 0 spiro atoms. The van der Waals surface area contributed by atoms with Gasteiger partial charge >= 0.3 is 6.18 Å². The van der Waals surface area contributed by atoms with Gasteiger partial charge in [-0.2, -0.15) is 13.2 Å². The fraction of sp³-hybridized carbons (Fsp3) is 0.818. The molecular formula is C11H16F3NO2. The molecule has 2 bridgehead atoms. The van der Waals surface area contributed by atoms with Crippen molar-refractivity contribution < 1.29 is 23.0 Å². The van der Waals surface area contributed by atoms with Crippen molar-refractivity contribution in [3.63, 3.8) is 0 Å². The smallest absolute Gasteiger partial charge is 0.385 e. The number of piperidine rings is 1. The Morgan fingerprint density at radius 3 is 2.24 bits per heavy atom. The largest absolute Gasteiger partial charge is 0.414 e. The fourth-order valence-corrected chi connectivity index (χ4v) is 2.65. The Labute approximate surface area is 97.9 Å². The maximum atomic E-state index is 12.6. The second-order valence-corrected chi connectivity index (χ2v) is 4.93. The molecule has 2 fully saturated rings. The van der Waals surface area contributed by atoms with E-state index < -0.39 is 17.4 Å². The number of morpholine rings is 1. The van der Waals surface area contributed by atoms with Crippen LogP contribution in [0.3, 0.4) is 0 Å². The number of alkyl halides is 3. The van der Waals surface area contributed by atoms with Crippen molar-refractivity contribution >= 4 is 0 Å². The molecule has 6 heteroatoms. The highest BCUT2D eigenvalue weighted by molar-refractivity contribution is 5.21. The summed E-state index contributed by atoms with van der Waals surface area (Å²) in [5.74, 6) is 0. The molecule has 0 saturated carbocycles. The fourth-order valence-electron chi connectivity index (χ4n) is 2.65. The minimum Gasteiger partial charge on any atom is -0.385 e. The third kappa shape index (κ3) is 2.21. The number of halogens is 3. The summed E-state index contributed by atoms with van der Waals surface area (Å²) >= 11 is 0. The van der Waals surface area contributed by atoms with Crippen LogP contribution in [0.4, 0.5) is 13.2 Å². The molecule has 17 heavy (non-hydrogen) atoms. The van der Waals surface area contributed by atoms with Crippen molar-refractivity contribution in [2.45, 2.75) is 36.7 Å². The third-order valence-electron chi connectivity index (χ3n) is 3.82. The molecule has 0 aromatic carbocycles. The van der Waals surface area contributed by atoms with Crippen molar-refractivity contribution in [1.82, 2.24) is 4.90 Å². The van der Waals surface area contributed by atoms with Gasteiger partial charge in [0, 0.05) is 12.1 Å². The molecular weight excluding hydrogens is 235 g/mol. The Balaban J connectivity index is 2.21. The van der Waals surface area contributed by atoms with Gasteiger partial charge in [0.15, 0.2) is 0 Å². The Kier molecular flexibility index (Phi) is 3.00. The minimum atomic E-state index is -4.54. The summed E-state index contributed by atoms with van der Waals surface area (Å²) in [6, 6.07) is -0.349. The number of nitrogens with zero attached hydrogens (tertiary/aromatic N) is 1. The average molecular weight is 251 g/mol. The molecule has 2 atom stereocenters. The van der Waals surface area contributed by atoms with E-state index in [-0.39, 0.29) is 24.9 Å². The van der Waals surface area contributed by atoms with Gasteiger partial charge in [0.1, 0.15) is 0 Å². The quantitative estimate of drug-likeness (QED) is 0.714. The molecule has 2 saturated heterocycles. The molecule has 0 aliphatic carbocycles. The van der Waals surface area contributed by atoms with Crippen LogP contribution >= 0.6 is 0 Å². The number of hydrogen-bond acceptors (Lipinski definition) is 3. The summed E-state index contributed by atoms with van der Waals surface area (Å²) in [4.78, 5) is 1.99. The van der Waals surface area contributed by atoms with Crippen LogP contribution in [-0.4, -0.2) is 54.1 Å². The molecule has 0 amide bonds. The van der Waals surface area contributed by atoms with Gasteiger partial charge in [0.05, 0.1) is 24.4 Å². The van der Waals surface area contributed by atoms with E-state index in [1.165, 1.54) is 0 Å². The van der Waals surface area contributed by atoms with Crippen molar-refractivity contribution in [1.29, 1.82) is 0 Å². The van der Waals surface area contributed by atoms with E-state index in [9.17, 15) is 18.3 Å². The predicted molar refractivity (Wildman–Crippen MR) is 55.5 cm³/mol. The second-order valence-electron chi connectivity index (χ2n) is 4.93. The normalized spacial score (nSPS) is 39.1. The first-order valence-electron chi connectivity index (χ1n) is 5.53. The van der Waals surface area contributed by atoms with E-state index in [0.29, 0.717) is 13.2 Å². The standard InChI is InChI=1S/C11H16F3NO2/c1-7(11(12,13)14)10(16)3-8-5-17-6-9(4-10)15(8)2/h8-9,16H,1,3-6H2,2H3. The summed E-state index contributed by atoms with van der Waals surface area (Å²) in [5, 5.41) is 10.2. The van der Waals surface area contributed by atoms with Crippen LogP contribution in [0.1, 0.15) is 12.8 Å². The van der Waals surface area contributed by atoms with Gasteiger partial charge in [0.25, 0.3) is 0 Å². The highest BCUT2D eigenvalue weighted by Gasteiger charge is 2.52. The Morgan fingerprint density at radius 2 is 1.82 bits per heavy atom. The zero-order valence-electron chi connectivity index (χ0n) is 9.63. The van der Waals surface area contributed by atoms with Gasteiger partial charge in [-0.3, -0.25) is 4.90 Å². The van der Waals surface area contributed by atoms with Gasteiger partial charge in [-0.25, -0.2) is 0 Å². The summed E-state index contributed by atoms with van der Waals surface area (Å²) in [6.45, 7) is 3.76. The highest BCUT2D eigenvalue weighted by atomic mass is 19.4. The number of aliphatic hydroxyl groups is 1. The zero-order valence-corrected chi connectivity index (χ0v) is 9.63. The molecule has 1 N–H and O–H groups in total. The van der Waals surface area contributed by atoms with Gasteiger partial charge in [-0.1, -0.05) is 6.58 Å². The molecule has 98 valence electrons. The van der Waals surface area contributed by atoms with Gasteiger partial charge in [-0.15, -0.1) is 0 Å². The lowest BCUT2D eigenvalue weighted by Gasteiger charge is -2.50. The van der Waals surface area contributed by atoms with Crippen LogP contribution in [0.25, 0.3) is 0 Å². The number of fused-ring (bicyclic) bond motifs is 2. The van der Waals surface area contributed by atoms with Crippen LogP contribution in [0.15, 0.2) is 12.2 Å². The number of ether oxygens (including phenoxy) is 1. The average Bonchev–Trinajstić information content (AvgIpc) is 2.18. The van der Waals surface area contributed by atoms with Crippen LogP contribution in [0.2, 0.25) is 0 Å². The maximum Gasteiger partial charge on any atom is 0.414 e.